The normalized spacial score (nSPS) is 11.6. The summed E-state index contributed by atoms with van der Waals surface area (Å²) in [6.07, 6.45) is 1.82. The second kappa shape index (κ2) is 5.33. The van der Waals surface area contributed by atoms with E-state index in [1.54, 1.807) is 0 Å². The molecule has 3 nitrogen and oxygen atoms in total. The van der Waals surface area contributed by atoms with E-state index in [0.717, 1.165) is 17.1 Å². The predicted molar refractivity (Wildman–Crippen MR) is 86.0 cm³/mol. The van der Waals surface area contributed by atoms with Gasteiger partial charge in [0.2, 0.25) is 0 Å². The van der Waals surface area contributed by atoms with E-state index in [0.29, 0.717) is 17.4 Å². The number of halogens is 1. The lowest BCUT2D eigenvalue weighted by atomic mass is 9.95. The molecule has 0 saturated carbocycles. The molecule has 20 heavy (non-hydrogen) atoms. The molecule has 2 N–H and O–H groups in total. The van der Waals surface area contributed by atoms with Gasteiger partial charge in [0.1, 0.15) is 17.3 Å². The summed E-state index contributed by atoms with van der Waals surface area (Å²) < 4.78 is 1.99. The van der Waals surface area contributed by atoms with E-state index in [4.69, 9.17) is 22.3 Å². The maximum absolute atomic E-state index is 6.28. The number of anilines is 1. The molecule has 0 aliphatic rings. The van der Waals surface area contributed by atoms with Crippen molar-refractivity contribution in [1.29, 1.82) is 0 Å². The van der Waals surface area contributed by atoms with Crippen LogP contribution in [0.5, 0.6) is 0 Å². The van der Waals surface area contributed by atoms with E-state index in [-0.39, 0.29) is 5.41 Å². The number of aromatic nitrogens is 2. The van der Waals surface area contributed by atoms with E-state index < -0.39 is 0 Å². The first-order valence-electron chi connectivity index (χ1n) is 6.58. The Balaban J connectivity index is 2.68. The largest absolute Gasteiger partial charge is 0.383 e. The number of hydrogen-bond donors (Lipinski definition) is 1. The van der Waals surface area contributed by atoms with Crippen LogP contribution in [-0.4, -0.2) is 9.55 Å². The molecule has 4 heteroatoms. The van der Waals surface area contributed by atoms with Gasteiger partial charge in [-0.3, -0.25) is 0 Å². The predicted octanol–water partition coefficient (Wildman–Crippen LogP) is 4.27. The van der Waals surface area contributed by atoms with Gasteiger partial charge in [-0.05, 0) is 6.07 Å². The average molecular weight is 290 g/mol. The zero-order valence-electron chi connectivity index (χ0n) is 12.2. The van der Waals surface area contributed by atoms with Gasteiger partial charge in [-0.25, -0.2) is 4.98 Å². The molecule has 0 radical (unpaired) electrons. The molecule has 0 amide bonds. The minimum absolute atomic E-state index is 0.101. The first-order valence-corrected chi connectivity index (χ1v) is 6.96. The van der Waals surface area contributed by atoms with Crippen LogP contribution < -0.4 is 5.73 Å². The van der Waals surface area contributed by atoms with Crippen LogP contribution in [0.15, 0.2) is 36.9 Å². The van der Waals surface area contributed by atoms with Crippen LogP contribution in [0.3, 0.4) is 0 Å². The third kappa shape index (κ3) is 2.59. The maximum atomic E-state index is 6.28. The molecule has 1 heterocycles. The van der Waals surface area contributed by atoms with Gasteiger partial charge in [0, 0.05) is 17.5 Å². The molecule has 0 atom stereocenters. The summed E-state index contributed by atoms with van der Waals surface area (Å²) in [4.78, 5) is 4.74. The van der Waals surface area contributed by atoms with E-state index in [1.165, 1.54) is 0 Å². The maximum Gasteiger partial charge on any atom is 0.132 e. The number of hydrogen-bond acceptors (Lipinski definition) is 2. The van der Waals surface area contributed by atoms with Crippen molar-refractivity contribution < 1.29 is 0 Å². The Labute approximate surface area is 125 Å². The number of allylic oxidation sites excluding steroid dienone is 1. The Morgan fingerprint density at radius 1 is 1.35 bits per heavy atom. The lowest BCUT2D eigenvalue weighted by molar-refractivity contribution is 0.515. The number of imidazole rings is 1. The van der Waals surface area contributed by atoms with Crippen LogP contribution in [0.4, 0.5) is 5.82 Å². The second-order valence-electron chi connectivity index (χ2n) is 5.80. The SMILES string of the molecule is C=CCn1c(C(C)(C)C)nc(-c2ccccc2Cl)c1N. The zero-order valence-corrected chi connectivity index (χ0v) is 12.9. The van der Waals surface area contributed by atoms with Crippen molar-refractivity contribution in [2.24, 2.45) is 0 Å². The Morgan fingerprint density at radius 3 is 2.55 bits per heavy atom. The smallest absolute Gasteiger partial charge is 0.132 e. The fraction of sp³-hybridized carbons (Fsp3) is 0.312. The third-order valence-electron chi connectivity index (χ3n) is 3.12. The van der Waals surface area contributed by atoms with Gasteiger partial charge in [-0.2, -0.15) is 0 Å². The topological polar surface area (TPSA) is 43.8 Å². The minimum atomic E-state index is -0.101. The van der Waals surface area contributed by atoms with Gasteiger partial charge in [0.25, 0.3) is 0 Å². The van der Waals surface area contributed by atoms with Crippen LogP contribution in [0, 0.1) is 0 Å². The van der Waals surface area contributed by atoms with Gasteiger partial charge in [0.05, 0.1) is 5.02 Å². The highest BCUT2D eigenvalue weighted by molar-refractivity contribution is 6.33. The Kier molecular flexibility index (Phi) is 3.91. The van der Waals surface area contributed by atoms with Crippen LogP contribution in [0.2, 0.25) is 5.02 Å². The van der Waals surface area contributed by atoms with Gasteiger partial charge in [0.15, 0.2) is 0 Å². The van der Waals surface area contributed by atoms with Crippen molar-refractivity contribution in [2.75, 3.05) is 5.73 Å². The summed E-state index contributed by atoms with van der Waals surface area (Å²) in [6, 6.07) is 7.61. The van der Waals surface area contributed by atoms with E-state index in [2.05, 4.69) is 27.4 Å². The highest BCUT2D eigenvalue weighted by Crippen LogP contribution is 2.35. The molecule has 2 aromatic rings. The molecule has 0 fully saturated rings. The van der Waals surface area contributed by atoms with Gasteiger partial charge < -0.3 is 10.3 Å². The van der Waals surface area contributed by atoms with E-state index in [1.807, 2.05) is 34.9 Å². The first-order chi connectivity index (χ1) is 9.36. The lowest BCUT2D eigenvalue weighted by Gasteiger charge is -2.19. The molecular formula is C16H20ClN3. The second-order valence-corrected chi connectivity index (χ2v) is 6.21. The van der Waals surface area contributed by atoms with E-state index >= 15 is 0 Å². The fourth-order valence-electron chi connectivity index (χ4n) is 2.20. The quantitative estimate of drug-likeness (QED) is 0.858. The van der Waals surface area contributed by atoms with E-state index in [9.17, 15) is 0 Å². The number of nitrogens with two attached hydrogens (primary N) is 1. The summed E-state index contributed by atoms with van der Waals surface area (Å²) in [6.45, 7) is 10.8. The summed E-state index contributed by atoms with van der Waals surface area (Å²) >= 11 is 6.26. The molecule has 0 unspecified atom stereocenters. The summed E-state index contributed by atoms with van der Waals surface area (Å²) in [5, 5.41) is 0.655. The van der Waals surface area contributed by atoms with Crippen molar-refractivity contribution in [3.05, 3.63) is 47.8 Å². The molecule has 1 aromatic carbocycles. The monoisotopic (exact) mass is 289 g/mol. The van der Waals surface area contributed by atoms with Crippen LogP contribution in [-0.2, 0) is 12.0 Å². The zero-order chi connectivity index (χ0) is 14.9. The summed E-state index contributed by atoms with van der Waals surface area (Å²) in [5.41, 5.74) is 7.78. The van der Waals surface area contributed by atoms with Crippen molar-refractivity contribution in [2.45, 2.75) is 32.7 Å². The minimum Gasteiger partial charge on any atom is -0.383 e. The van der Waals surface area contributed by atoms with Crippen molar-refractivity contribution in [1.82, 2.24) is 9.55 Å². The molecule has 106 valence electrons. The van der Waals surface area contributed by atoms with Gasteiger partial charge >= 0.3 is 0 Å². The Hall–Kier alpha value is -1.74. The molecule has 2 rings (SSSR count). The van der Waals surface area contributed by atoms with Crippen LogP contribution in [0.25, 0.3) is 11.3 Å². The van der Waals surface area contributed by atoms with Gasteiger partial charge in [-0.15, -0.1) is 6.58 Å². The number of rotatable bonds is 3. The van der Waals surface area contributed by atoms with Crippen LogP contribution >= 0.6 is 11.6 Å². The number of nitrogens with zero attached hydrogens (tertiary/aromatic N) is 2. The highest BCUT2D eigenvalue weighted by atomic mass is 35.5. The molecule has 0 spiro atoms. The first kappa shape index (κ1) is 14.7. The number of benzene rings is 1. The van der Waals surface area contributed by atoms with Crippen molar-refractivity contribution >= 4 is 17.4 Å². The standard InChI is InChI=1S/C16H20ClN3/c1-5-10-20-14(18)13(19-15(20)16(2,3)4)11-8-6-7-9-12(11)17/h5-9H,1,10,18H2,2-4H3. The molecular weight excluding hydrogens is 270 g/mol. The Bertz CT molecular complexity index is 636. The molecule has 0 bridgehead atoms. The molecule has 0 aliphatic carbocycles. The average Bonchev–Trinajstić information content (AvgIpc) is 2.68. The van der Waals surface area contributed by atoms with Crippen molar-refractivity contribution in [3.8, 4) is 11.3 Å². The van der Waals surface area contributed by atoms with Crippen molar-refractivity contribution in [3.63, 3.8) is 0 Å². The molecule has 0 saturated heterocycles. The van der Waals surface area contributed by atoms with Gasteiger partial charge in [-0.1, -0.05) is 56.6 Å². The molecule has 1 aromatic heterocycles. The summed E-state index contributed by atoms with van der Waals surface area (Å²) in [5.74, 6) is 1.56. The fourth-order valence-corrected chi connectivity index (χ4v) is 2.43. The Morgan fingerprint density at radius 2 is 2.00 bits per heavy atom. The lowest BCUT2D eigenvalue weighted by Crippen LogP contribution is -2.19. The third-order valence-corrected chi connectivity index (χ3v) is 3.45. The summed E-state index contributed by atoms with van der Waals surface area (Å²) in [7, 11) is 0. The number of nitrogen functional groups attached to an aromatic ring is 1. The van der Waals surface area contributed by atoms with Crippen LogP contribution in [0.1, 0.15) is 26.6 Å². The molecule has 0 aliphatic heterocycles. The highest BCUT2D eigenvalue weighted by Gasteiger charge is 2.25.